The summed E-state index contributed by atoms with van der Waals surface area (Å²) in [6.07, 6.45) is 6.93. The van der Waals surface area contributed by atoms with Crippen LogP contribution < -0.4 is 10.2 Å². The molecule has 1 unspecified atom stereocenters. The fraction of sp³-hybridized carbons (Fsp3) is 0.263. The van der Waals surface area contributed by atoms with Crippen LogP contribution in [0, 0.1) is 0 Å². The number of amides is 1. The Kier molecular flexibility index (Phi) is 4.67. The van der Waals surface area contributed by atoms with Gasteiger partial charge in [0.15, 0.2) is 0 Å². The molecule has 1 amide bonds. The van der Waals surface area contributed by atoms with Crippen molar-refractivity contribution in [2.45, 2.75) is 18.9 Å². The van der Waals surface area contributed by atoms with Crippen LogP contribution in [0.25, 0.3) is 11.0 Å². The molecule has 6 nitrogen and oxygen atoms in total. The minimum absolute atomic E-state index is 0.0687. The fourth-order valence-corrected chi connectivity index (χ4v) is 3.36. The van der Waals surface area contributed by atoms with Crippen LogP contribution in [0.15, 0.2) is 48.9 Å². The number of anilines is 1. The first-order chi connectivity index (χ1) is 12.7. The van der Waals surface area contributed by atoms with Gasteiger partial charge in [0.2, 0.25) is 0 Å². The van der Waals surface area contributed by atoms with Crippen LogP contribution >= 0.6 is 11.6 Å². The smallest absolute Gasteiger partial charge is 0.253 e. The number of fused-ring (bicyclic) bond motifs is 1. The number of nitrogens with zero attached hydrogens (tertiary/aromatic N) is 4. The number of piperidine rings is 1. The van der Waals surface area contributed by atoms with Crippen molar-refractivity contribution >= 4 is 34.4 Å². The van der Waals surface area contributed by atoms with Gasteiger partial charge in [0.25, 0.3) is 5.91 Å². The van der Waals surface area contributed by atoms with Gasteiger partial charge in [-0.2, -0.15) is 0 Å². The Labute approximate surface area is 156 Å². The molecule has 4 rings (SSSR count). The first-order valence-corrected chi connectivity index (χ1v) is 8.95. The second kappa shape index (κ2) is 7.25. The normalized spacial score (nSPS) is 17.3. The van der Waals surface area contributed by atoms with Crippen LogP contribution in [0.4, 0.5) is 5.82 Å². The zero-order valence-electron chi connectivity index (χ0n) is 14.1. The van der Waals surface area contributed by atoms with E-state index in [1.807, 2.05) is 12.1 Å². The van der Waals surface area contributed by atoms with Crippen LogP contribution in [0.1, 0.15) is 23.2 Å². The maximum atomic E-state index is 12.4. The molecule has 3 aromatic rings. The van der Waals surface area contributed by atoms with Crippen molar-refractivity contribution in [1.29, 1.82) is 0 Å². The van der Waals surface area contributed by atoms with Gasteiger partial charge < -0.3 is 10.2 Å². The predicted octanol–water partition coefficient (Wildman–Crippen LogP) is 3.08. The maximum Gasteiger partial charge on any atom is 0.253 e. The van der Waals surface area contributed by atoms with E-state index in [-0.39, 0.29) is 11.9 Å². The Morgan fingerprint density at radius 3 is 3.00 bits per heavy atom. The molecule has 7 heteroatoms. The van der Waals surface area contributed by atoms with Crippen LogP contribution in [-0.4, -0.2) is 40.0 Å². The number of nitrogens with one attached hydrogen (secondary N) is 1. The van der Waals surface area contributed by atoms with Gasteiger partial charge in [-0.3, -0.25) is 14.8 Å². The summed E-state index contributed by atoms with van der Waals surface area (Å²) in [6, 6.07) is 9.09. The molecule has 0 radical (unpaired) electrons. The van der Waals surface area contributed by atoms with Crippen molar-refractivity contribution in [3.05, 3.63) is 59.5 Å². The Bertz CT molecular complexity index is 934. The largest absolute Gasteiger partial charge is 0.353 e. The molecule has 26 heavy (non-hydrogen) atoms. The van der Waals surface area contributed by atoms with E-state index in [0.717, 1.165) is 36.2 Å². The van der Waals surface area contributed by atoms with Gasteiger partial charge >= 0.3 is 0 Å². The molecule has 1 fully saturated rings. The van der Waals surface area contributed by atoms with Crippen LogP contribution in [-0.2, 0) is 0 Å². The number of halogens is 1. The fourth-order valence-electron chi connectivity index (χ4n) is 3.20. The van der Waals surface area contributed by atoms with E-state index in [1.54, 1.807) is 36.8 Å². The molecule has 1 aliphatic heterocycles. The summed E-state index contributed by atoms with van der Waals surface area (Å²) >= 11 is 6.00. The van der Waals surface area contributed by atoms with Gasteiger partial charge in [0.1, 0.15) is 5.82 Å². The lowest BCUT2D eigenvalue weighted by Gasteiger charge is -2.33. The number of carbonyl (C=O) groups excluding carboxylic acids is 1. The highest BCUT2D eigenvalue weighted by atomic mass is 35.5. The predicted molar refractivity (Wildman–Crippen MR) is 101 cm³/mol. The molecule has 0 aliphatic carbocycles. The lowest BCUT2D eigenvalue weighted by Crippen LogP contribution is -2.48. The van der Waals surface area contributed by atoms with E-state index in [2.05, 4.69) is 20.2 Å². The van der Waals surface area contributed by atoms with Crippen LogP contribution in [0.5, 0.6) is 0 Å². The molecule has 0 spiro atoms. The number of hydrogen-bond donors (Lipinski definition) is 1. The topological polar surface area (TPSA) is 71.0 Å². The first-order valence-electron chi connectivity index (χ1n) is 8.57. The molecule has 1 N–H and O–H groups in total. The second-order valence-corrected chi connectivity index (χ2v) is 6.80. The third kappa shape index (κ3) is 3.60. The molecule has 0 saturated carbocycles. The molecular weight excluding hydrogens is 350 g/mol. The maximum absolute atomic E-state index is 12.4. The van der Waals surface area contributed by atoms with Crippen molar-refractivity contribution in [1.82, 2.24) is 20.3 Å². The monoisotopic (exact) mass is 367 g/mol. The van der Waals surface area contributed by atoms with Crippen molar-refractivity contribution in [2.75, 3.05) is 18.0 Å². The standard InChI is InChI=1S/C19H18ClN5O/c20-14-5-6-16-17(9-14)22-11-18(24-16)25-8-2-4-15(12-25)23-19(26)13-3-1-7-21-10-13/h1,3,5-7,9-11,15H,2,4,8,12H2,(H,23,26). The number of pyridine rings is 1. The molecular formula is C19H18ClN5O. The zero-order valence-corrected chi connectivity index (χ0v) is 14.9. The highest BCUT2D eigenvalue weighted by Gasteiger charge is 2.23. The Morgan fingerprint density at radius 1 is 1.23 bits per heavy atom. The van der Waals surface area contributed by atoms with Crippen molar-refractivity contribution < 1.29 is 4.79 Å². The quantitative estimate of drug-likeness (QED) is 0.770. The van der Waals surface area contributed by atoms with Crippen molar-refractivity contribution in [3.63, 3.8) is 0 Å². The van der Waals surface area contributed by atoms with Gasteiger partial charge in [-0.05, 0) is 43.2 Å². The lowest BCUT2D eigenvalue weighted by atomic mass is 10.1. The van der Waals surface area contributed by atoms with Crippen LogP contribution in [0.3, 0.4) is 0 Å². The minimum Gasteiger partial charge on any atom is -0.353 e. The van der Waals surface area contributed by atoms with Crippen molar-refractivity contribution in [3.8, 4) is 0 Å². The summed E-state index contributed by atoms with van der Waals surface area (Å²) < 4.78 is 0. The average molecular weight is 368 g/mol. The van der Waals surface area contributed by atoms with Crippen molar-refractivity contribution in [2.24, 2.45) is 0 Å². The average Bonchev–Trinajstić information content (AvgIpc) is 2.68. The van der Waals surface area contributed by atoms with Gasteiger partial charge in [-0.15, -0.1) is 0 Å². The highest BCUT2D eigenvalue weighted by molar-refractivity contribution is 6.31. The van der Waals surface area contributed by atoms with E-state index in [9.17, 15) is 4.79 Å². The summed E-state index contributed by atoms with van der Waals surface area (Å²) in [4.78, 5) is 27.7. The number of carbonyl (C=O) groups is 1. The Balaban J connectivity index is 1.48. The van der Waals surface area contributed by atoms with Gasteiger partial charge in [0.05, 0.1) is 22.8 Å². The third-order valence-electron chi connectivity index (χ3n) is 4.50. The second-order valence-electron chi connectivity index (χ2n) is 6.36. The molecule has 1 aromatic carbocycles. The highest BCUT2D eigenvalue weighted by Crippen LogP contribution is 2.22. The Morgan fingerprint density at radius 2 is 2.15 bits per heavy atom. The zero-order chi connectivity index (χ0) is 17.9. The van der Waals surface area contributed by atoms with Gasteiger partial charge in [-0.1, -0.05) is 11.6 Å². The van der Waals surface area contributed by atoms with Gasteiger partial charge in [0, 0.05) is 36.5 Å². The molecule has 2 aromatic heterocycles. The number of aromatic nitrogens is 3. The first kappa shape index (κ1) is 16.7. The molecule has 1 saturated heterocycles. The SMILES string of the molecule is O=C(NC1CCCN(c2cnc3cc(Cl)ccc3n2)C1)c1cccnc1. The minimum atomic E-state index is -0.0933. The van der Waals surface area contributed by atoms with E-state index >= 15 is 0 Å². The number of hydrogen-bond acceptors (Lipinski definition) is 5. The van der Waals surface area contributed by atoms with E-state index in [0.29, 0.717) is 17.1 Å². The number of rotatable bonds is 3. The van der Waals surface area contributed by atoms with E-state index < -0.39 is 0 Å². The van der Waals surface area contributed by atoms with E-state index in [1.165, 1.54) is 0 Å². The summed E-state index contributed by atoms with van der Waals surface area (Å²) in [5, 5.41) is 3.74. The molecule has 1 atom stereocenters. The summed E-state index contributed by atoms with van der Waals surface area (Å²) in [5.74, 6) is 0.726. The molecule has 0 bridgehead atoms. The summed E-state index contributed by atoms with van der Waals surface area (Å²) in [5.41, 5.74) is 2.17. The third-order valence-corrected chi connectivity index (χ3v) is 4.73. The summed E-state index contributed by atoms with van der Waals surface area (Å²) in [7, 11) is 0. The molecule has 132 valence electrons. The van der Waals surface area contributed by atoms with E-state index in [4.69, 9.17) is 16.6 Å². The van der Waals surface area contributed by atoms with Gasteiger partial charge in [-0.25, -0.2) is 4.98 Å². The molecule has 1 aliphatic rings. The summed E-state index contributed by atoms with van der Waals surface area (Å²) in [6.45, 7) is 1.60. The molecule has 3 heterocycles. The number of benzene rings is 1. The van der Waals surface area contributed by atoms with Crippen LogP contribution in [0.2, 0.25) is 5.02 Å². The lowest BCUT2D eigenvalue weighted by molar-refractivity contribution is 0.0932. The Hall–Kier alpha value is -2.73.